The zero-order chi connectivity index (χ0) is 13.7. The molecule has 0 aliphatic carbocycles. The highest BCUT2D eigenvalue weighted by Gasteiger charge is 2.36. The minimum Gasteiger partial charge on any atom is -0.393 e. The van der Waals surface area contributed by atoms with Crippen LogP contribution in [-0.4, -0.2) is 34.2 Å². The second kappa shape index (κ2) is 4.61. The number of benzene rings is 1. The largest absolute Gasteiger partial charge is 0.393 e. The first-order chi connectivity index (χ1) is 9.74. The Hall–Kier alpha value is -1.32. The first-order valence-corrected chi connectivity index (χ1v) is 7.75. The Kier molecular flexibility index (Phi) is 2.86. The maximum absolute atomic E-state index is 9.84. The van der Waals surface area contributed by atoms with Crippen LogP contribution >= 0.6 is 0 Å². The maximum Gasteiger partial charge on any atom is 0.0552 e. The van der Waals surface area contributed by atoms with Gasteiger partial charge in [-0.3, -0.25) is 4.90 Å². The lowest BCUT2D eigenvalue weighted by Crippen LogP contribution is -2.44. The third kappa shape index (κ3) is 1.80. The number of rotatable bonds is 1. The van der Waals surface area contributed by atoms with E-state index in [2.05, 4.69) is 34.1 Å². The van der Waals surface area contributed by atoms with Crippen LogP contribution in [0, 0.1) is 5.92 Å². The van der Waals surface area contributed by atoms with Gasteiger partial charge in [0.05, 0.1) is 12.1 Å². The smallest absolute Gasteiger partial charge is 0.0552 e. The topological polar surface area (TPSA) is 39.3 Å². The van der Waals surface area contributed by atoms with Gasteiger partial charge < -0.3 is 10.1 Å². The number of aromatic nitrogens is 1. The molecule has 0 spiro atoms. The molecule has 0 unspecified atom stereocenters. The molecule has 4 rings (SSSR count). The molecule has 1 aromatic heterocycles. The van der Waals surface area contributed by atoms with E-state index in [1.807, 2.05) is 6.92 Å². The first kappa shape index (κ1) is 12.4. The SMILES string of the molecule is C[C@H](O)[C@@H]1CC[C@@H]2c3[nH]c4ccccc4c3CCN2C1. The number of hydrogen-bond donors (Lipinski definition) is 2. The van der Waals surface area contributed by atoms with Crippen molar-refractivity contribution in [3.8, 4) is 0 Å². The summed E-state index contributed by atoms with van der Waals surface area (Å²) in [5.41, 5.74) is 4.23. The van der Waals surface area contributed by atoms with Crippen molar-refractivity contribution in [3.63, 3.8) is 0 Å². The zero-order valence-electron chi connectivity index (χ0n) is 12.0. The van der Waals surface area contributed by atoms with E-state index < -0.39 is 0 Å². The second-order valence-corrected chi connectivity index (χ2v) is 6.40. The molecule has 1 aromatic carbocycles. The van der Waals surface area contributed by atoms with Gasteiger partial charge in [-0.1, -0.05) is 18.2 Å². The molecule has 106 valence electrons. The lowest BCUT2D eigenvalue weighted by atomic mass is 9.84. The number of aliphatic hydroxyl groups excluding tert-OH is 1. The molecule has 0 saturated carbocycles. The van der Waals surface area contributed by atoms with E-state index in [0.29, 0.717) is 12.0 Å². The minimum absolute atomic E-state index is 0.180. The molecule has 20 heavy (non-hydrogen) atoms. The molecule has 3 nitrogen and oxygen atoms in total. The molecule has 2 aromatic rings. The highest BCUT2D eigenvalue weighted by molar-refractivity contribution is 5.85. The number of fused-ring (bicyclic) bond motifs is 5. The normalized spacial score (nSPS) is 28.1. The van der Waals surface area contributed by atoms with Gasteiger partial charge in [-0.15, -0.1) is 0 Å². The summed E-state index contributed by atoms with van der Waals surface area (Å²) in [7, 11) is 0. The summed E-state index contributed by atoms with van der Waals surface area (Å²) in [6.45, 7) is 4.10. The van der Waals surface area contributed by atoms with Gasteiger partial charge in [-0.05, 0) is 43.7 Å². The molecular weight excluding hydrogens is 248 g/mol. The van der Waals surface area contributed by atoms with E-state index in [4.69, 9.17) is 0 Å². The average Bonchev–Trinajstić information content (AvgIpc) is 2.85. The number of para-hydroxylation sites is 1. The second-order valence-electron chi connectivity index (χ2n) is 6.40. The number of H-pyrrole nitrogens is 1. The highest BCUT2D eigenvalue weighted by atomic mass is 16.3. The number of piperidine rings is 1. The predicted molar refractivity (Wildman–Crippen MR) is 80.7 cm³/mol. The molecule has 3 heteroatoms. The van der Waals surface area contributed by atoms with Gasteiger partial charge in [0.1, 0.15) is 0 Å². The van der Waals surface area contributed by atoms with Gasteiger partial charge in [-0.2, -0.15) is 0 Å². The molecule has 1 saturated heterocycles. The van der Waals surface area contributed by atoms with Crippen LogP contribution in [0.2, 0.25) is 0 Å². The fourth-order valence-electron chi connectivity index (χ4n) is 4.07. The van der Waals surface area contributed by atoms with Crippen LogP contribution in [0.3, 0.4) is 0 Å². The van der Waals surface area contributed by atoms with Crippen LogP contribution in [0.15, 0.2) is 24.3 Å². The lowest BCUT2D eigenvalue weighted by Gasteiger charge is -2.43. The average molecular weight is 270 g/mol. The van der Waals surface area contributed by atoms with E-state index >= 15 is 0 Å². The fraction of sp³-hybridized carbons (Fsp3) is 0.529. The molecule has 3 heterocycles. The molecule has 0 bridgehead atoms. The summed E-state index contributed by atoms with van der Waals surface area (Å²) in [5.74, 6) is 0.442. The lowest BCUT2D eigenvalue weighted by molar-refractivity contribution is 0.0289. The molecule has 0 radical (unpaired) electrons. The van der Waals surface area contributed by atoms with E-state index in [-0.39, 0.29) is 6.10 Å². The van der Waals surface area contributed by atoms with Crippen molar-refractivity contribution in [2.24, 2.45) is 5.92 Å². The number of nitrogens with zero attached hydrogens (tertiary/aromatic N) is 1. The van der Waals surface area contributed by atoms with Crippen LogP contribution in [0.4, 0.5) is 0 Å². The summed E-state index contributed by atoms with van der Waals surface area (Å²) < 4.78 is 0. The molecule has 0 amide bonds. The fourth-order valence-corrected chi connectivity index (χ4v) is 4.07. The van der Waals surface area contributed by atoms with Crippen molar-refractivity contribution < 1.29 is 5.11 Å². The Morgan fingerprint density at radius 2 is 2.15 bits per heavy atom. The third-order valence-corrected chi connectivity index (χ3v) is 5.23. The van der Waals surface area contributed by atoms with Gasteiger partial charge in [0, 0.05) is 29.7 Å². The van der Waals surface area contributed by atoms with Crippen LogP contribution in [0.25, 0.3) is 10.9 Å². The van der Waals surface area contributed by atoms with Crippen molar-refractivity contribution in [2.75, 3.05) is 13.1 Å². The van der Waals surface area contributed by atoms with E-state index in [0.717, 1.165) is 32.4 Å². The van der Waals surface area contributed by atoms with Gasteiger partial charge in [0.15, 0.2) is 0 Å². The van der Waals surface area contributed by atoms with Crippen molar-refractivity contribution in [2.45, 2.75) is 38.3 Å². The van der Waals surface area contributed by atoms with Crippen LogP contribution < -0.4 is 0 Å². The number of nitrogens with one attached hydrogen (secondary N) is 1. The van der Waals surface area contributed by atoms with E-state index in [1.165, 1.54) is 22.2 Å². The Balaban J connectivity index is 1.71. The highest BCUT2D eigenvalue weighted by Crippen LogP contribution is 2.41. The van der Waals surface area contributed by atoms with Crippen LogP contribution in [0.1, 0.15) is 37.1 Å². The van der Waals surface area contributed by atoms with Crippen LogP contribution in [-0.2, 0) is 6.42 Å². The Bertz CT molecular complexity index is 631. The monoisotopic (exact) mass is 270 g/mol. The quantitative estimate of drug-likeness (QED) is 0.836. The van der Waals surface area contributed by atoms with Gasteiger partial charge in [0.2, 0.25) is 0 Å². The molecule has 3 atom stereocenters. The van der Waals surface area contributed by atoms with Crippen molar-refractivity contribution in [1.82, 2.24) is 9.88 Å². The van der Waals surface area contributed by atoms with Crippen molar-refractivity contribution in [3.05, 3.63) is 35.5 Å². The summed E-state index contributed by atoms with van der Waals surface area (Å²) in [5, 5.41) is 11.2. The molecule has 2 N–H and O–H groups in total. The summed E-state index contributed by atoms with van der Waals surface area (Å²) in [6.07, 6.45) is 3.24. The predicted octanol–water partition coefficient (Wildman–Crippen LogP) is 2.86. The van der Waals surface area contributed by atoms with Crippen molar-refractivity contribution in [1.29, 1.82) is 0 Å². The first-order valence-electron chi connectivity index (χ1n) is 7.75. The Morgan fingerprint density at radius 3 is 3.00 bits per heavy atom. The Labute approximate surface area is 119 Å². The van der Waals surface area contributed by atoms with Crippen LogP contribution in [0.5, 0.6) is 0 Å². The van der Waals surface area contributed by atoms with E-state index in [1.54, 1.807) is 0 Å². The van der Waals surface area contributed by atoms with Gasteiger partial charge >= 0.3 is 0 Å². The number of hydrogen-bond acceptors (Lipinski definition) is 2. The molecular formula is C17H22N2O. The summed E-state index contributed by atoms with van der Waals surface area (Å²) >= 11 is 0. The summed E-state index contributed by atoms with van der Waals surface area (Å²) in [4.78, 5) is 6.22. The van der Waals surface area contributed by atoms with Gasteiger partial charge in [0.25, 0.3) is 0 Å². The number of aliphatic hydroxyl groups is 1. The minimum atomic E-state index is -0.180. The summed E-state index contributed by atoms with van der Waals surface area (Å²) in [6, 6.07) is 9.18. The molecule has 1 fully saturated rings. The van der Waals surface area contributed by atoms with Gasteiger partial charge in [-0.25, -0.2) is 0 Å². The van der Waals surface area contributed by atoms with E-state index in [9.17, 15) is 5.11 Å². The molecule has 2 aliphatic rings. The maximum atomic E-state index is 9.84. The standard InChI is InChI=1S/C17H22N2O/c1-11(20)12-6-7-16-17-14(8-9-19(16)10-12)13-4-2-3-5-15(13)18-17/h2-5,11-12,16,18,20H,6-10H2,1H3/t11-,12+,16+/m0/s1. The van der Waals surface area contributed by atoms with Crippen molar-refractivity contribution >= 4 is 10.9 Å². The third-order valence-electron chi connectivity index (χ3n) is 5.23. The Morgan fingerprint density at radius 1 is 1.30 bits per heavy atom. The number of aromatic amines is 1. The zero-order valence-corrected chi connectivity index (χ0v) is 12.0. The molecule has 2 aliphatic heterocycles.